The van der Waals surface area contributed by atoms with Gasteiger partial charge in [0.05, 0.1) is 12.9 Å². The SMILES string of the molecule is COc1ccc(Nc2nnc(SCc3nnc(-c4cccc(Br)c4)o3)s2)cc1. The lowest BCUT2D eigenvalue weighted by Crippen LogP contribution is -1.89. The summed E-state index contributed by atoms with van der Waals surface area (Å²) in [5.74, 6) is 2.37. The maximum Gasteiger partial charge on any atom is 0.247 e. The van der Waals surface area contributed by atoms with E-state index in [0.29, 0.717) is 22.7 Å². The van der Waals surface area contributed by atoms with Crippen LogP contribution >= 0.6 is 39.0 Å². The summed E-state index contributed by atoms with van der Waals surface area (Å²) >= 11 is 6.41. The summed E-state index contributed by atoms with van der Waals surface area (Å²) in [4.78, 5) is 0. The summed E-state index contributed by atoms with van der Waals surface area (Å²) in [6, 6.07) is 15.4. The highest BCUT2D eigenvalue weighted by Gasteiger charge is 2.11. The number of rotatable bonds is 7. The maximum atomic E-state index is 5.74. The molecule has 1 N–H and O–H groups in total. The summed E-state index contributed by atoms with van der Waals surface area (Å²) in [5, 5.41) is 20.5. The minimum Gasteiger partial charge on any atom is -0.497 e. The van der Waals surface area contributed by atoms with Crippen LogP contribution in [0.4, 0.5) is 10.8 Å². The molecule has 0 radical (unpaired) electrons. The molecule has 10 heteroatoms. The van der Waals surface area contributed by atoms with Crippen LogP contribution in [0.5, 0.6) is 5.75 Å². The Kier molecular flexibility index (Phi) is 5.89. The highest BCUT2D eigenvalue weighted by Crippen LogP contribution is 2.31. The normalized spacial score (nSPS) is 10.8. The second kappa shape index (κ2) is 8.72. The number of hydrogen-bond donors (Lipinski definition) is 1. The first-order valence-electron chi connectivity index (χ1n) is 8.15. The van der Waals surface area contributed by atoms with Crippen molar-refractivity contribution in [1.82, 2.24) is 20.4 Å². The van der Waals surface area contributed by atoms with Gasteiger partial charge in [-0.2, -0.15) is 0 Å². The van der Waals surface area contributed by atoms with Crippen LogP contribution in [0.3, 0.4) is 0 Å². The maximum absolute atomic E-state index is 5.74. The Morgan fingerprint density at radius 1 is 1.11 bits per heavy atom. The topological polar surface area (TPSA) is 86.0 Å². The Hall–Kier alpha value is -2.43. The van der Waals surface area contributed by atoms with Crippen LogP contribution in [0.25, 0.3) is 11.5 Å². The number of halogens is 1. The molecular formula is C18H14BrN5O2S2. The molecule has 0 bridgehead atoms. The van der Waals surface area contributed by atoms with Crippen LogP contribution in [0.1, 0.15) is 5.89 Å². The Balaban J connectivity index is 1.35. The largest absolute Gasteiger partial charge is 0.497 e. The predicted octanol–water partition coefficient (Wildman–Crippen LogP) is 5.40. The van der Waals surface area contributed by atoms with Crippen molar-refractivity contribution < 1.29 is 9.15 Å². The molecule has 142 valence electrons. The van der Waals surface area contributed by atoms with Crippen molar-refractivity contribution in [3.05, 3.63) is 58.9 Å². The Labute approximate surface area is 177 Å². The molecule has 2 aromatic heterocycles. The van der Waals surface area contributed by atoms with Gasteiger partial charge in [-0.05, 0) is 42.5 Å². The van der Waals surface area contributed by atoms with Gasteiger partial charge >= 0.3 is 0 Å². The van der Waals surface area contributed by atoms with Gasteiger partial charge in [-0.3, -0.25) is 0 Å². The van der Waals surface area contributed by atoms with E-state index in [1.807, 2.05) is 48.5 Å². The lowest BCUT2D eigenvalue weighted by atomic mass is 10.2. The van der Waals surface area contributed by atoms with E-state index >= 15 is 0 Å². The molecule has 4 rings (SSSR count). The average Bonchev–Trinajstić information content (AvgIpc) is 3.36. The second-order valence-corrected chi connectivity index (χ2v) is 8.64. The number of hydrogen-bond acceptors (Lipinski definition) is 9. The zero-order valence-corrected chi connectivity index (χ0v) is 17.8. The van der Waals surface area contributed by atoms with Crippen molar-refractivity contribution in [3.63, 3.8) is 0 Å². The van der Waals surface area contributed by atoms with Gasteiger partial charge in [0.1, 0.15) is 5.75 Å². The molecule has 0 aliphatic heterocycles. The van der Waals surface area contributed by atoms with Gasteiger partial charge in [0.2, 0.25) is 16.9 Å². The quantitative estimate of drug-likeness (QED) is 0.355. The summed E-state index contributed by atoms with van der Waals surface area (Å²) < 4.78 is 12.7. The predicted molar refractivity (Wildman–Crippen MR) is 113 cm³/mol. The van der Waals surface area contributed by atoms with Crippen LogP contribution in [-0.2, 0) is 5.75 Å². The fourth-order valence-corrected chi connectivity index (χ4v) is 4.30. The molecule has 4 aromatic rings. The fourth-order valence-electron chi connectivity index (χ4n) is 2.29. The van der Waals surface area contributed by atoms with E-state index in [2.05, 4.69) is 41.6 Å². The van der Waals surface area contributed by atoms with E-state index < -0.39 is 0 Å². The van der Waals surface area contributed by atoms with Gasteiger partial charge in [0.25, 0.3) is 0 Å². The molecule has 0 spiro atoms. The molecule has 2 aromatic carbocycles. The molecule has 28 heavy (non-hydrogen) atoms. The third-order valence-corrected chi connectivity index (χ3v) is 6.06. The number of thioether (sulfide) groups is 1. The van der Waals surface area contributed by atoms with Gasteiger partial charge in [-0.25, -0.2) is 0 Å². The molecular weight excluding hydrogens is 462 g/mol. The summed E-state index contributed by atoms with van der Waals surface area (Å²) in [6.07, 6.45) is 0. The van der Waals surface area contributed by atoms with Gasteiger partial charge < -0.3 is 14.5 Å². The highest BCUT2D eigenvalue weighted by molar-refractivity contribution is 9.10. The monoisotopic (exact) mass is 475 g/mol. The Morgan fingerprint density at radius 3 is 2.75 bits per heavy atom. The van der Waals surface area contributed by atoms with E-state index in [9.17, 15) is 0 Å². The molecule has 0 saturated carbocycles. The van der Waals surface area contributed by atoms with Crippen molar-refractivity contribution in [2.75, 3.05) is 12.4 Å². The first kappa shape index (κ1) is 18.9. The van der Waals surface area contributed by atoms with Crippen LogP contribution < -0.4 is 10.1 Å². The van der Waals surface area contributed by atoms with Crippen molar-refractivity contribution in [2.24, 2.45) is 0 Å². The molecule has 0 aliphatic rings. The molecule has 2 heterocycles. The smallest absolute Gasteiger partial charge is 0.247 e. The lowest BCUT2D eigenvalue weighted by molar-refractivity contribution is 0.415. The number of nitrogens with one attached hydrogen (secondary N) is 1. The third kappa shape index (κ3) is 4.70. The van der Waals surface area contributed by atoms with Crippen LogP contribution in [0.2, 0.25) is 0 Å². The van der Waals surface area contributed by atoms with E-state index in [0.717, 1.165) is 25.8 Å². The van der Waals surface area contributed by atoms with Crippen molar-refractivity contribution in [3.8, 4) is 17.2 Å². The van der Waals surface area contributed by atoms with E-state index in [-0.39, 0.29) is 0 Å². The number of ether oxygens (including phenoxy) is 1. The fraction of sp³-hybridized carbons (Fsp3) is 0.111. The molecule has 0 aliphatic carbocycles. The Bertz CT molecular complexity index is 1070. The third-order valence-electron chi connectivity index (χ3n) is 3.61. The first-order chi connectivity index (χ1) is 13.7. The number of aromatic nitrogens is 4. The highest BCUT2D eigenvalue weighted by atomic mass is 79.9. The van der Waals surface area contributed by atoms with Gasteiger partial charge in [0, 0.05) is 15.7 Å². The summed E-state index contributed by atoms with van der Waals surface area (Å²) in [6.45, 7) is 0. The number of methoxy groups -OCH3 is 1. The van der Waals surface area contributed by atoms with Crippen LogP contribution in [0, 0.1) is 0 Å². The Morgan fingerprint density at radius 2 is 1.96 bits per heavy atom. The molecule has 0 unspecified atom stereocenters. The van der Waals surface area contributed by atoms with Gasteiger partial charge in [-0.15, -0.1) is 20.4 Å². The van der Waals surface area contributed by atoms with Crippen molar-refractivity contribution in [2.45, 2.75) is 10.1 Å². The summed E-state index contributed by atoms with van der Waals surface area (Å²) in [5.41, 5.74) is 1.80. The molecule has 0 amide bonds. The van der Waals surface area contributed by atoms with Crippen LogP contribution in [-0.4, -0.2) is 27.5 Å². The zero-order valence-electron chi connectivity index (χ0n) is 14.6. The minimum atomic E-state index is 0.496. The lowest BCUT2D eigenvalue weighted by Gasteiger charge is -2.03. The van der Waals surface area contributed by atoms with E-state index in [4.69, 9.17) is 9.15 Å². The van der Waals surface area contributed by atoms with Crippen molar-refractivity contribution in [1.29, 1.82) is 0 Å². The van der Waals surface area contributed by atoms with E-state index in [1.165, 1.54) is 23.1 Å². The molecule has 0 saturated heterocycles. The molecule has 0 fully saturated rings. The first-order valence-corrected chi connectivity index (χ1v) is 10.7. The number of benzene rings is 2. The van der Waals surface area contributed by atoms with Crippen molar-refractivity contribution >= 4 is 49.8 Å². The summed E-state index contributed by atoms with van der Waals surface area (Å²) in [7, 11) is 1.64. The number of anilines is 2. The van der Waals surface area contributed by atoms with Crippen LogP contribution in [0.15, 0.2) is 61.8 Å². The standard InChI is InChI=1S/C18H14BrN5O2S2/c1-25-14-7-5-13(6-8-14)20-17-23-24-18(28-17)27-10-15-21-22-16(26-15)11-3-2-4-12(19)9-11/h2-9H,10H2,1H3,(H,20,23). The van der Waals surface area contributed by atoms with Gasteiger partial charge in [-0.1, -0.05) is 45.1 Å². The second-order valence-electron chi connectivity index (χ2n) is 5.53. The minimum absolute atomic E-state index is 0.496. The van der Waals surface area contributed by atoms with E-state index in [1.54, 1.807) is 7.11 Å². The zero-order chi connectivity index (χ0) is 19.3. The molecule has 0 atom stereocenters. The molecule has 7 nitrogen and oxygen atoms in total. The average molecular weight is 476 g/mol. The van der Waals surface area contributed by atoms with Gasteiger partial charge in [0.15, 0.2) is 4.34 Å². The number of nitrogens with zero attached hydrogens (tertiary/aromatic N) is 4.